The van der Waals surface area contributed by atoms with Gasteiger partial charge in [0.1, 0.15) is 0 Å². The van der Waals surface area contributed by atoms with Gasteiger partial charge in [-0.3, -0.25) is 4.79 Å². The molecule has 0 unspecified atom stereocenters. The lowest BCUT2D eigenvalue weighted by molar-refractivity contribution is -0.118. The first-order chi connectivity index (χ1) is 12.7. The van der Waals surface area contributed by atoms with Gasteiger partial charge in [-0.05, 0) is 42.7 Å². The lowest BCUT2D eigenvalue weighted by atomic mass is 9.94. The number of aromatic amines is 1. The standard InChI is InChI=1S/C20H17N3O3/c21-9-12-10-22-16-8-14(2-3-15(12)16)23-19(24)20(5-6-20)13-1-4-17-18(7-13)26-11-25-17/h1-4,7-10,21-22H,5-6,11H2,(H,23,24). The average molecular weight is 347 g/mol. The minimum atomic E-state index is -0.494. The van der Waals surface area contributed by atoms with Crippen molar-refractivity contribution in [3.05, 3.63) is 53.7 Å². The highest BCUT2D eigenvalue weighted by Crippen LogP contribution is 2.51. The van der Waals surface area contributed by atoms with Crippen LogP contribution in [0.25, 0.3) is 10.9 Å². The second kappa shape index (κ2) is 5.36. The summed E-state index contributed by atoms with van der Waals surface area (Å²) in [6, 6.07) is 11.4. The van der Waals surface area contributed by atoms with Crippen LogP contribution >= 0.6 is 0 Å². The van der Waals surface area contributed by atoms with Crippen LogP contribution in [0.4, 0.5) is 5.69 Å². The first-order valence-electron chi connectivity index (χ1n) is 8.53. The van der Waals surface area contributed by atoms with E-state index < -0.39 is 5.41 Å². The van der Waals surface area contributed by atoms with Crippen LogP contribution in [0.3, 0.4) is 0 Å². The molecular formula is C20H17N3O3. The van der Waals surface area contributed by atoms with Crippen molar-refractivity contribution in [1.29, 1.82) is 5.41 Å². The molecule has 2 aromatic carbocycles. The third-order valence-electron chi connectivity index (χ3n) is 5.24. The number of anilines is 1. The van der Waals surface area contributed by atoms with Gasteiger partial charge in [-0.2, -0.15) is 0 Å². The fraction of sp³-hybridized carbons (Fsp3) is 0.200. The largest absolute Gasteiger partial charge is 0.454 e. The number of carbonyl (C=O) groups is 1. The molecule has 0 radical (unpaired) electrons. The van der Waals surface area contributed by atoms with Gasteiger partial charge >= 0.3 is 0 Å². The zero-order valence-corrected chi connectivity index (χ0v) is 14.0. The molecule has 130 valence electrons. The molecule has 0 atom stereocenters. The smallest absolute Gasteiger partial charge is 0.235 e. The molecule has 1 amide bonds. The fourth-order valence-electron chi connectivity index (χ4n) is 3.56. The van der Waals surface area contributed by atoms with Crippen molar-refractivity contribution in [3.63, 3.8) is 0 Å². The van der Waals surface area contributed by atoms with Crippen LogP contribution in [0.5, 0.6) is 11.5 Å². The van der Waals surface area contributed by atoms with E-state index in [1.54, 1.807) is 6.20 Å². The molecule has 1 aromatic heterocycles. The molecule has 26 heavy (non-hydrogen) atoms. The Kier molecular flexibility index (Phi) is 3.09. The Morgan fingerprint density at radius 2 is 2.00 bits per heavy atom. The van der Waals surface area contributed by atoms with Crippen molar-refractivity contribution >= 4 is 28.7 Å². The summed E-state index contributed by atoms with van der Waals surface area (Å²) in [5.74, 6) is 1.42. The number of rotatable bonds is 4. The molecule has 2 heterocycles. The van der Waals surface area contributed by atoms with Crippen LogP contribution in [-0.4, -0.2) is 23.9 Å². The average Bonchev–Trinajstić information content (AvgIpc) is 3.17. The molecule has 1 aliphatic heterocycles. The van der Waals surface area contributed by atoms with Crippen molar-refractivity contribution < 1.29 is 14.3 Å². The SMILES string of the molecule is N=Cc1c[nH]c2cc(NC(=O)C3(c4ccc5c(c4)OCO5)CC3)ccc12. The highest BCUT2D eigenvalue weighted by molar-refractivity contribution is 6.04. The van der Waals surface area contributed by atoms with Crippen molar-refractivity contribution in [2.75, 3.05) is 12.1 Å². The molecule has 1 fully saturated rings. The molecule has 0 bridgehead atoms. The summed E-state index contributed by atoms with van der Waals surface area (Å²) >= 11 is 0. The topological polar surface area (TPSA) is 87.2 Å². The van der Waals surface area contributed by atoms with E-state index in [4.69, 9.17) is 14.9 Å². The molecule has 2 aliphatic rings. The molecule has 3 N–H and O–H groups in total. The molecule has 6 nitrogen and oxygen atoms in total. The van der Waals surface area contributed by atoms with Crippen molar-refractivity contribution in [2.24, 2.45) is 0 Å². The van der Waals surface area contributed by atoms with Crippen molar-refractivity contribution in [2.45, 2.75) is 18.3 Å². The highest BCUT2D eigenvalue weighted by Gasteiger charge is 2.51. The van der Waals surface area contributed by atoms with Crippen molar-refractivity contribution in [1.82, 2.24) is 4.98 Å². The highest BCUT2D eigenvalue weighted by atomic mass is 16.7. The summed E-state index contributed by atoms with van der Waals surface area (Å²) < 4.78 is 10.8. The third-order valence-corrected chi connectivity index (χ3v) is 5.24. The second-order valence-corrected chi connectivity index (χ2v) is 6.75. The summed E-state index contributed by atoms with van der Waals surface area (Å²) in [6.45, 7) is 0.228. The lowest BCUT2D eigenvalue weighted by Gasteiger charge is -2.16. The molecule has 1 aliphatic carbocycles. The van der Waals surface area contributed by atoms with Gasteiger partial charge in [-0.15, -0.1) is 0 Å². The Hall–Kier alpha value is -3.28. The molecule has 5 rings (SSSR count). The summed E-state index contributed by atoms with van der Waals surface area (Å²) in [5, 5.41) is 11.4. The van der Waals surface area contributed by atoms with Crippen LogP contribution < -0.4 is 14.8 Å². The van der Waals surface area contributed by atoms with Gasteiger partial charge in [0.25, 0.3) is 0 Å². The summed E-state index contributed by atoms with van der Waals surface area (Å²) in [7, 11) is 0. The predicted molar refractivity (Wildman–Crippen MR) is 98.3 cm³/mol. The van der Waals surface area contributed by atoms with Crippen LogP contribution in [-0.2, 0) is 10.2 Å². The van der Waals surface area contributed by atoms with Crippen LogP contribution in [0, 0.1) is 5.41 Å². The first-order valence-corrected chi connectivity index (χ1v) is 8.53. The zero-order valence-electron chi connectivity index (χ0n) is 14.0. The molecule has 0 spiro atoms. The first kappa shape index (κ1) is 15.0. The quantitative estimate of drug-likeness (QED) is 0.631. The molecular weight excluding hydrogens is 330 g/mol. The molecule has 1 saturated carbocycles. The third kappa shape index (κ3) is 2.19. The minimum absolute atomic E-state index is 0.00505. The second-order valence-electron chi connectivity index (χ2n) is 6.75. The number of fused-ring (bicyclic) bond motifs is 2. The summed E-state index contributed by atoms with van der Waals surface area (Å²) in [5.41, 5.74) is 2.94. The van der Waals surface area contributed by atoms with Gasteiger partial charge in [0.05, 0.1) is 5.41 Å². The number of hydrogen-bond donors (Lipinski definition) is 3. The Balaban J connectivity index is 1.42. The van der Waals surface area contributed by atoms with Gasteiger partial charge in [-0.25, -0.2) is 0 Å². The van der Waals surface area contributed by atoms with Gasteiger partial charge in [0.2, 0.25) is 12.7 Å². The summed E-state index contributed by atoms with van der Waals surface area (Å²) in [6.07, 6.45) is 4.75. The molecule has 3 aromatic rings. The van der Waals surface area contributed by atoms with E-state index in [1.165, 1.54) is 6.21 Å². The van der Waals surface area contributed by atoms with Crippen LogP contribution in [0.15, 0.2) is 42.6 Å². The number of nitrogens with one attached hydrogen (secondary N) is 3. The number of benzene rings is 2. The fourth-order valence-corrected chi connectivity index (χ4v) is 3.56. The summed E-state index contributed by atoms with van der Waals surface area (Å²) in [4.78, 5) is 16.1. The Bertz CT molecular complexity index is 1050. The normalized spacial score (nSPS) is 16.5. The van der Waals surface area contributed by atoms with E-state index >= 15 is 0 Å². The van der Waals surface area contributed by atoms with E-state index in [0.29, 0.717) is 5.75 Å². The Morgan fingerprint density at radius 1 is 1.15 bits per heavy atom. The molecule has 6 heteroatoms. The van der Waals surface area contributed by atoms with E-state index in [9.17, 15) is 4.79 Å². The molecule has 0 saturated heterocycles. The van der Waals surface area contributed by atoms with E-state index in [-0.39, 0.29) is 12.7 Å². The van der Waals surface area contributed by atoms with Crippen LogP contribution in [0.2, 0.25) is 0 Å². The number of carbonyl (C=O) groups excluding carboxylic acids is 1. The number of H-pyrrole nitrogens is 1. The maximum atomic E-state index is 13.0. The Morgan fingerprint density at radius 3 is 2.81 bits per heavy atom. The predicted octanol–water partition coefficient (Wildman–Crippen LogP) is 3.56. The minimum Gasteiger partial charge on any atom is -0.454 e. The number of amides is 1. The maximum absolute atomic E-state index is 13.0. The van der Waals surface area contributed by atoms with Gasteiger partial charge in [0, 0.05) is 34.6 Å². The van der Waals surface area contributed by atoms with Gasteiger partial charge < -0.3 is 25.2 Å². The zero-order chi connectivity index (χ0) is 17.7. The monoisotopic (exact) mass is 347 g/mol. The van der Waals surface area contributed by atoms with E-state index in [0.717, 1.165) is 46.3 Å². The number of hydrogen-bond acceptors (Lipinski definition) is 4. The van der Waals surface area contributed by atoms with Crippen LogP contribution in [0.1, 0.15) is 24.0 Å². The van der Waals surface area contributed by atoms with E-state index in [1.807, 2.05) is 36.4 Å². The van der Waals surface area contributed by atoms with E-state index in [2.05, 4.69) is 10.3 Å². The number of aromatic nitrogens is 1. The van der Waals surface area contributed by atoms with Gasteiger partial charge in [-0.1, -0.05) is 12.1 Å². The van der Waals surface area contributed by atoms with Crippen molar-refractivity contribution in [3.8, 4) is 11.5 Å². The lowest BCUT2D eigenvalue weighted by Crippen LogP contribution is -2.27. The maximum Gasteiger partial charge on any atom is 0.235 e. The van der Waals surface area contributed by atoms with Gasteiger partial charge in [0.15, 0.2) is 11.5 Å². The number of ether oxygens (including phenoxy) is 2. The Labute approximate surface area is 149 Å².